The number of aromatic nitrogens is 1. The predicted molar refractivity (Wildman–Crippen MR) is 93.1 cm³/mol. The molecule has 0 aliphatic heterocycles. The number of sulfonamides is 1. The molecule has 0 saturated carbocycles. The number of carbonyl (C=O) groups excluding carboxylic acids is 1. The number of nitrogens with zero attached hydrogens (tertiary/aromatic N) is 1. The minimum Gasteiger partial charge on any atom is -0.269 e. The van der Waals surface area contributed by atoms with Gasteiger partial charge < -0.3 is 0 Å². The van der Waals surface area contributed by atoms with Crippen molar-refractivity contribution in [1.29, 1.82) is 0 Å². The van der Waals surface area contributed by atoms with Crippen LogP contribution in [0, 0.1) is 0 Å². The van der Waals surface area contributed by atoms with E-state index in [2.05, 4.69) is 9.71 Å². The molecule has 5 nitrogen and oxygen atoms in total. The molecule has 0 radical (unpaired) electrons. The SMILES string of the molecule is O=C(C=Cc1ccccn1)NS(=O)(=O)C1=Cc2ccccc2CC1. The molecule has 0 atom stereocenters. The Hall–Kier alpha value is -2.73. The number of hydrogen-bond acceptors (Lipinski definition) is 4. The lowest BCUT2D eigenvalue weighted by molar-refractivity contribution is -0.114. The van der Waals surface area contributed by atoms with Crippen molar-refractivity contribution in [1.82, 2.24) is 9.71 Å². The summed E-state index contributed by atoms with van der Waals surface area (Å²) in [6.07, 6.45) is 6.87. The molecule has 1 aromatic heterocycles. The van der Waals surface area contributed by atoms with Crippen molar-refractivity contribution in [3.8, 4) is 0 Å². The van der Waals surface area contributed by atoms with Crippen LogP contribution in [-0.2, 0) is 21.2 Å². The zero-order valence-electron chi connectivity index (χ0n) is 12.8. The molecule has 0 fully saturated rings. The van der Waals surface area contributed by atoms with E-state index >= 15 is 0 Å². The monoisotopic (exact) mass is 340 g/mol. The van der Waals surface area contributed by atoms with E-state index in [0.29, 0.717) is 18.5 Å². The van der Waals surface area contributed by atoms with Crippen molar-refractivity contribution in [3.63, 3.8) is 0 Å². The summed E-state index contributed by atoms with van der Waals surface area (Å²) in [4.78, 5) is 16.1. The highest BCUT2D eigenvalue weighted by atomic mass is 32.2. The average Bonchev–Trinajstić information content (AvgIpc) is 2.60. The smallest absolute Gasteiger partial charge is 0.260 e. The molecular weight excluding hydrogens is 324 g/mol. The molecule has 0 saturated heterocycles. The van der Waals surface area contributed by atoms with Gasteiger partial charge in [0, 0.05) is 12.3 Å². The van der Waals surface area contributed by atoms with Crippen molar-refractivity contribution in [2.24, 2.45) is 0 Å². The minimum atomic E-state index is -3.84. The predicted octanol–water partition coefficient (Wildman–Crippen LogP) is 2.53. The number of benzene rings is 1. The third-order valence-electron chi connectivity index (χ3n) is 3.69. The molecule has 0 bridgehead atoms. The van der Waals surface area contributed by atoms with Crippen LogP contribution in [0.15, 0.2) is 59.6 Å². The Balaban J connectivity index is 1.74. The van der Waals surface area contributed by atoms with Crippen LogP contribution in [0.4, 0.5) is 0 Å². The van der Waals surface area contributed by atoms with Gasteiger partial charge in [-0.05, 0) is 48.3 Å². The first kappa shape index (κ1) is 16.1. The summed E-state index contributed by atoms with van der Waals surface area (Å²) in [6, 6.07) is 12.9. The van der Waals surface area contributed by atoms with Gasteiger partial charge in [0.1, 0.15) is 0 Å². The van der Waals surface area contributed by atoms with Crippen LogP contribution < -0.4 is 4.72 Å². The van der Waals surface area contributed by atoms with Crippen molar-refractivity contribution >= 4 is 28.1 Å². The maximum absolute atomic E-state index is 12.4. The molecule has 2 aromatic rings. The Kier molecular flexibility index (Phi) is 4.57. The van der Waals surface area contributed by atoms with Crippen LogP contribution in [0.1, 0.15) is 23.2 Å². The van der Waals surface area contributed by atoms with Gasteiger partial charge in [-0.25, -0.2) is 13.1 Å². The summed E-state index contributed by atoms with van der Waals surface area (Å²) in [5.41, 5.74) is 2.56. The van der Waals surface area contributed by atoms with Gasteiger partial charge in [0.05, 0.1) is 10.6 Å². The first-order valence-electron chi connectivity index (χ1n) is 7.49. The highest BCUT2D eigenvalue weighted by Crippen LogP contribution is 2.26. The summed E-state index contributed by atoms with van der Waals surface area (Å²) >= 11 is 0. The molecule has 1 amide bonds. The standard InChI is InChI=1S/C18H16N2O3S/c21-18(11-9-16-7-3-4-12-19-16)20-24(22,23)17-10-8-14-5-1-2-6-15(14)13-17/h1-7,9,11-13H,8,10H2,(H,20,21). The first-order valence-corrected chi connectivity index (χ1v) is 8.97. The first-order chi connectivity index (χ1) is 11.5. The fourth-order valence-corrected chi connectivity index (χ4v) is 3.60. The third kappa shape index (κ3) is 3.78. The van der Waals surface area contributed by atoms with Crippen LogP contribution in [0.3, 0.4) is 0 Å². The lowest BCUT2D eigenvalue weighted by Crippen LogP contribution is -2.30. The van der Waals surface area contributed by atoms with Crippen LogP contribution in [-0.4, -0.2) is 19.3 Å². The molecule has 122 valence electrons. The Morgan fingerprint density at radius 1 is 1.08 bits per heavy atom. The van der Waals surface area contributed by atoms with Gasteiger partial charge in [-0.2, -0.15) is 0 Å². The zero-order chi connectivity index (χ0) is 17.0. The summed E-state index contributed by atoms with van der Waals surface area (Å²) < 4.78 is 26.8. The highest BCUT2D eigenvalue weighted by Gasteiger charge is 2.22. The van der Waals surface area contributed by atoms with E-state index in [-0.39, 0.29) is 4.91 Å². The molecule has 1 aromatic carbocycles. The van der Waals surface area contributed by atoms with Gasteiger partial charge in [0.2, 0.25) is 0 Å². The van der Waals surface area contributed by atoms with E-state index in [1.54, 1.807) is 30.5 Å². The fourth-order valence-electron chi connectivity index (χ4n) is 2.49. The number of pyridine rings is 1. The zero-order valence-corrected chi connectivity index (χ0v) is 13.7. The Morgan fingerprint density at radius 2 is 1.88 bits per heavy atom. The number of fused-ring (bicyclic) bond motifs is 1. The molecule has 0 spiro atoms. The molecule has 24 heavy (non-hydrogen) atoms. The van der Waals surface area contributed by atoms with E-state index < -0.39 is 15.9 Å². The van der Waals surface area contributed by atoms with Gasteiger partial charge in [0.25, 0.3) is 15.9 Å². The number of aryl methyl sites for hydroxylation is 1. The summed E-state index contributed by atoms with van der Waals surface area (Å²) in [5, 5.41) is 0. The summed E-state index contributed by atoms with van der Waals surface area (Å²) in [6.45, 7) is 0. The van der Waals surface area contributed by atoms with Gasteiger partial charge >= 0.3 is 0 Å². The van der Waals surface area contributed by atoms with E-state index in [9.17, 15) is 13.2 Å². The largest absolute Gasteiger partial charge is 0.269 e. The Morgan fingerprint density at radius 3 is 2.67 bits per heavy atom. The topological polar surface area (TPSA) is 76.1 Å². The summed E-state index contributed by atoms with van der Waals surface area (Å²) in [7, 11) is -3.84. The van der Waals surface area contributed by atoms with E-state index in [1.165, 1.54) is 6.08 Å². The molecule has 1 aliphatic carbocycles. The van der Waals surface area contributed by atoms with Gasteiger partial charge in [-0.1, -0.05) is 30.3 Å². The molecule has 0 unspecified atom stereocenters. The number of rotatable bonds is 4. The second-order valence-electron chi connectivity index (χ2n) is 5.37. The van der Waals surface area contributed by atoms with E-state index in [4.69, 9.17) is 0 Å². The quantitative estimate of drug-likeness (QED) is 0.868. The Labute approximate surface area is 140 Å². The van der Waals surface area contributed by atoms with Crippen LogP contribution in [0.2, 0.25) is 0 Å². The van der Waals surface area contributed by atoms with Crippen molar-refractivity contribution in [2.45, 2.75) is 12.8 Å². The van der Waals surface area contributed by atoms with Crippen molar-refractivity contribution in [3.05, 3.63) is 76.5 Å². The molecule has 3 rings (SSSR count). The Bertz CT molecular complexity index is 916. The molecule has 1 aliphatic rings. The van der Waals surface area contributed by atoms with Crippen LogP contribution >= 0.6 is 0 Å². The fraction of sp³-hybridized carbons (Fsp3) is 0.111. The lowest BCUT2D eigenvalue weighted by atomic mass is 9.98. The molecule has 6 heteroatoms. The molecule has 1 N–H and O–H groups in total. The van der Waals surface area contributed by atoms with Gasteiger partial charge in [-0.15, -0.1) is 0 Å². The number of carbonyl (C=O) groups is 1. The highest BCUT2D eigenvalue weighted by molar-refractivity contribution is 7.94. The van der Waals surface area contributed by atoms with Gasteiger partial charge in [-0.3, -0.25) is 9.78 Å². The maximum Gasteiger partial charge on any atom is 0.260 e. The van der Waals surface area contributed by atoms with Gasteiger partial charge in [0.15, 0.2) is 0 Å². The molecular formula is C18H16N2O3S. The van der Waals surface area contributed by atoms with Crippen molar-refractivity contribution < 1.29 is 13.2 Å². The second-order valence-corrected chi connectivity index (χ2v) is 7.10. The lowest BCUT2D eigenvalue weighted by Gasteiger charge is -2.16. The minimum absolute atomic E-state index is 0.223. The number of amides is 1. The van der Waals surface area contributed by atoms with E-state index in [1.807, 2.05) is 24.3 Å². The average molecular weight is 340 g/mol. The number of allylic oxidation sites excluding steroid dienone is 1. The number of hydrogen-bond donors (Lipinski definition) is 1. The summed E-state index contributed by atoms with van der Waals surface area (Å²) in [5.74, 6) is -0.694. The third-order valence-corrected chi connectivity index (χ3v) is 5.17. The second kappa shape index (κ2) is 6.80. The van der Waals surface area contributed by atoms with Crippen molar-refractivity contribution in [2.75, 3.05) is 0 Å². The van der Waals surface area contributed by atoms with Crippen LogP contribution in [0.25, 0.3) is 12.2 Å². The maximum atomic E-state index is 12.4. The normalized spacial score (nSPS) is 14.1. The molecule has 1 heterocycles. The number of nitrogens with one attached hydrogen (secondary N) is 1. The van der Waals surface area contributed by atoms with E-state index in [0.717, 1.165) is 17.2 Å². The van der Waals surface area contributed by atoms with Crippen LogP contribution in [0.5, 0.6) is 0 Å².